The highest BCUT2D eigenvalue weighted by Crippen LogP contribution is 2.18. The predicted octanol–water partition coefficient (Wildman–Crippen LogP) is 2.17. The van der Waals surface area contributed by atoms with Gasteiger partial charge in [0.25, 0.3) is 10.0 Å². The largest absolute Gasteiger partial charge is 0.494 e. The summed E-state index contributed by atoms with van der Waals surface area (Å²) in [7, 11) is -3.63. The van der Waals surface area contributed by atoms with E-state index in [-0.39, 0.29) is 10.7 Å². The van der Waals surface area contributed by atoms with Crippen LogP contribution in [-0.4, -0.2) is 25.2 Å². The second-order valence-electron chi connectivity index (χ2n) is 4.14. The molecule has 2 rings (SSSR count). The third-order valence-corrected chi connectivity index (χ3v) is 4.07. The third kappa shape index (κ3) is 3.30. The minimum atomic E-state index is -3.63. The molecule has 0 aliphatic carbocycles. The second-order valence-corrected chi connectivity index (χ2v) is 5.82. The Labute approximate surface area is 118 Å². The van der Waals surface area contributed by atoms with Crippen molar-refractivity contribution in [2.24, 2.45) is 0 Å². The molecule has 1 aromatic heterocycles. The van der Waals surface area contributed by atoms with Crippen molar-refractivity contribution in [1.29, 1.82) is 0 Å². The maximum Gasteiger partial charge on any atom is 0.263 e. The lowest BCUT2D eigenvalue weighted by atomic mass is 10.3. The Morgan fingerprint density at radius 1 is 1.25 bits per heavy atom. The molecule has 2 aromatic rings. The first-order valence-electron chi connectivity index (χ1n) is 6.35. The minimum absolute atomic E-state index is 0.169. The summed E-state index contributed by atoms with van der Waals surface area (Å²) in [6, 6.07) is 7.92. The molecule has 6 nitrogen and oxygen atoms in total. The average Bonchev–Trinajstić information content (AvgIpc) is 2.87. The molecule has 108 valence electrons. The van der Waals surface area contributed by atoms with E-state index in [0.29, 0.717) is 12.4 Å². The first-order chi connectivity index (χ1) is 9.55. The number of aromatic amines is 1. The maximum atomic E-state index is 12.2. The molecule has 7 heteroatoms. The molecule has 0 radical (unpaired) electrons. The number of sulfonamides is 1. The number of ether oxygens (including phenoxy) is 1. The van der Waals surface area contributed by atoms with Gasteiger partial charge < -0.3 is 4.74 Å². The normalized spacial score (nSPS) is 11.3. The first kappa shape index (κ1) is 14.4. The fourth-order valence-corrected chi connectivity index (χ4v) is 2.67. The molecule has 0 bridgehead atoms. The van der Waals surface area contributed by atoms with Crippen molar-refractivity contribution in [3.05, 3.63) is 36.0 Å². The molecule has 1 heterocycles. The van der Waals surface area contributed by atoms with Gasteiger partial charge in [-0.15, -0.1) is 0 Å². The zero-order valence-electron chi connectivity index (χ0n) is 11.4. The fourth-order valence-electron chi connectivity index (χ4n) is 1.67. The summed E-state index contributed by atoms with van der Waals surface area (Å²) < 4.78 is 32.0. The molecule has 0 amide bonds. The van der Waals surface area contributed by atoms with E-state index in [1.165, 1.54) is 12.1 Å². The Kier molecular flexibility index (Phi) is 4.29. The van der Waals surface area contributed by atoms with E-state index in [0.717, 1.165) is 12.1 Å². The molecule has 0 aliphatic rings. The zero-order chi connectivity index (χ0) is 14.6. The number of aryl methyl sites for hydroxylation is 1. The van der Waals surface area contributed by atoms with Gasteiger partial charge in [-0.2, -0.15) is 5.10 Å². The predicted molar refractivity (Wildman–Crippen MR) is 76.4 cm³/mol. The average molecular weight is 295 g/mol. The Morgan fingerprint density at radius 3 is 2.50 bits per heavy atom. The van der Waals surface area contributed by atoms with Gasteiger partial charge in [0.2, 0.25) is 0 Å². The summed E-state index contributed by atoms with van der Waals surface area (Å²) in [4.78, 5) is 0.169. The van der Waals surface area contributed by atoms with Crippen LogP contribution >= 0.6 is 0 Å². The second kappa shape index (κ2) is 5.96. The molecule has 0 saturated heterocycles. The van der Waals surface area contributed by atoms with Gasteiger partial charge in [0.05, 0.1) is 11.5 Å². The van der Waals surface area contributed by atoms with E-state index in [1.54, 1.807) is 18.2 Å². The van der Waals surface area contributed by atoms with Crippen molar-refractivity contribution in [3.63, 3.8) is 0 Å². The molecule has 0 unspecified atom stereocenters. The summed E-state index contributed by atoms with van der Waals surface area (Å²) in [5.74, 6) is 0.926. The van der Waals surface area contributed by atoms with Crippen molar-refractivity contribution in [3.8, 4) is 5.75 Å². The lowest BCUT2D eigenvalue weighted by molar-refractivity contribution is 0.340. The van der Waals surface area contributed by atoms with Gasteiger partial charge in [-0.25, -0.2) is 8.42 Å². The zero-order valence-corrected chi connectivity index (χ0v) is 12.2. The summed E-state index contributed by atoms with van der Waals surface area (Å²) >= 11 is 0. The first-order valence-corrected chi connectivity index (χ1v) is 7.83. The van der Waals surface area contributed by atoms with E-state index in [4.69, 9.17) is 4.74 Å². The van der Waals surface area contributed by atoms with Gasteiger partial charge in [0.15, 0.2) is 5.82 Å². The van der Waals surface area contributed by atoms with Crippen LogP contribution in [-0.2, 0) is 16.4 Å². The van der Waals surface area contributed by atoms with Crippen LogP contribution in [0.4, 0.5) is 5.82 Å². The standard InChI is InChI=1S/C13H17N3O3S/c1-3-10-9-13(15-14-10)16-20(17,18)12-7-5-11(6-8-12)19-4-2/h5-9H,3-4H2,1-2H3,(H2,14,15,16). The van der Waals surface area contributed by atoms with Crippen molar-refractivity contribution in [2.75, 3.05) is 11.3 Å². The Hall–Kier alpha value is -2.02. The number of hydrogen-bond donors (Lipinski definition) is 2. The number of hydrogen-bond acceptors (Lipinski definition) is 4. The summed E-state index contributed by atoms with van der Waals surface area (Å²) in [6.45, 7) is 4.37. The molecule has 1 aromatic carbocycles. The van der Waals surface area contributed by atoms with Gasteiger partial charge in [-0.05, 0) is 37.6 Å². The van der Waals surface area contributed by atoms with Gasteiger partial charge in [-0.1, -0.05) is 6.92 Å². The molecular formula is C13H17N3O3S. The van der Waals surface area contributed by atoms with Crippen molar-refractivity contribution < 1.29 is 13.2 Å². The van der Waals surface area contributed by atoms with E-state index in [2.05, 4.69) is 14.9 Å². The van der Waals surface area contributed by atoms with Crippen LogP contribution in [0.15, 0.2) is 35.2 Å². The van der Waals surface area contributed by atoms with Crippen LogP contribution in [0, 0.1) is 0 Å². The van der Waals surface area contributed by atoms with Crippen LogP contribution in [0.3, 0.4) is 0 Å². The van der Waals surface area contributed by atoms with E-state index in [1.807, 2.05) is 13.8 Å². The summed E-state index contributed by atoms with van der Waals surface area (Å²) in [5.41, 5.74) is 0.870. The highest BCUT2D eigenvalue weighted by Gasteiger charge is 2.15. The number of aromatic nitrogens is 2. The Balaban J connectivity index is 2.17. The molecule has 20 heavy (non-hydrogen) atoms. The number of nitrogens with one attached hydrogen (secondary N) is 2. The van der Waals surface area contributed by atoms with Crippen LogP contribution in [0.1, 0.15) is 19.5 Å². The number of H-pyrrole nitrogens is 1. The Bertz CT molecular complexity index is 662. The van der Waals surface area contributed by atoms with Crippen molar-refractivity contribution in [1.82, 2.24) is 10.2 Å². The highest BCUT2D eigenvalue weighted by molar-refractivity contribution is 7.92. The number of nitrogens with zero attached hydrogens (tertiary/aromatic N) is 1. The number of rotatable bonds is 6. The van der Waals surface area contributed by atoms with Crippen LogP contribution < -0.4 is 9.46 Å². The van der Waals surface area contributed by atoms with E-state index >= 15 is 0 Å². The molecule has 0 aliphatic heterocycles. The molecular weight excluding hydrogens is 278 g/mol. The topological polar surface area (TPSA) is 84.1 Å². The fraction of sp³-hybridized carbons (Fsp3) is 0.308. The Morgan fingerprint density at radius 2 is 1.95 bits per heavy atom. The smallest absolute Gasteiger partial charge is 0.263 e. The lowest BCUT2D eigenvalue weighted by Gasteiger charge is -2.07. The molecule has 0 saturated carbocycles. The molecule has 0 atom stereocenters. The molecule has 0 spiro atoms. The van der Waals surface area contributed by atoms with E-state index in [9.17, 15) is 8.42 Å². The van der Waals surface area contributed by atoms with E-state index < -0.39 is 10.0 Å². The maximum absolute atomic E-state index is 12.2. The van der Waals surface area contributed by atoms with Gasteiger partial charge >= 0.3 is 0 Å². The minimum Gasteiger partial charge on any atom is -0.494 e. The van der Waals surface area contributed by atoms with Crippen LogP contribution in [0.2, 0.25) is 0 Å². The van der Waals surface area contributed by atoms with Crippen LogP contribution in [0.5, 0.6) is 5.75 Å². The van der Waals surface area contributed by atoms with Gasteiger partial charge in [-0.3, -0.25) is 9.82 Å². The van der Waals surface area contributed by atoms with Gasteiger partial charge in [0.1, 0.15) is 5.75 Å². The number of anilines is 1. The number of benzene rings is 1. The quantitative estimate of drug-likeness (QED) is 0.855. The SMILES string of the molecule is CCOc1ccc(S(=O)(=O)Nc2cc(CC)[nH]n2)cc1. The van der Waals surface area contributed by atoms with Gasteiger partial charge in [0, 0.05) is 11.8 Å². The highest BCUT2D eigenvalue weighted by atomic mass is 32.2. The lowest BCUT2D eigenvalue weighted by Crippen LogP contribution is -2.13. The summed E-state index contributed by atoms with van der Waals surface area (Å²) in [6.07, 6.45) is 0.762. The molecule has 0 fully saturated rings. The third-order valence-electron chi connectivity index (χ3n) is 2.70. The van der Waals surface area contributed by atoms with Crippen molar-refractivity contribution >= 4 is 15.8 Å². The molecule has 2 N–H and O–H groups in total. The monoisotopic (exact) mass is 295 g/mol. The summed E-state index contributed by atoms with van der Waals surface area (Å²) in [5, 5.41) is 6.66. The van der Waals surface area contributed by atoms with Crippen LogP contribution in [0.25, 0.3) is 0 Å². The van der Waals surface area contributed by atoms with Crippen molar-refractivity contribution in [2.45, 2.75) is 25.2 Å².